The second-order valence-corrected chi connectivity index (χ2v) is 15.1. The molecule has 4 aromatic heterocycles. The third kappa shape index (κ3) is 5.59. The number of hydrogen-bond donors (Lipinski definition) is 0. The van der Waals surface area contributed by atoms with E-state index >= 15 is 0 Å². The molecule has 5 nitrogen and oxygen atoms in total. The first kappa shape index (κ1) is 33.9. The molecule has 0 aliphatic heterocycles. The van der Waals surface area contributed by atoms with Crippen molar-refractivity contribution < 1.29 is 8.83 Å². The van der Waals surface area contributed by atoms with E-state index in [0.717, 1.165) is 116 Å². The number of benzene rings is 8. The first-order valence-electron chi connectivity index (χ1n) is 20.1. The van der Waals surface area contributed by atoms with Crippen molar-refractivity contribution >= 4 is 54.8 Å². The molecule has 0 atom stereocenters. The molecule has 4 heterocycles. The van der Waals surface area contributed by atoms with Gasteiger partial charge < -0.3 is 8.83 Å². The number of rotatable bonds is 6. The summed E-state index contributed by atoms with van der Waals surface area (Å²) in [7, 11) is 0. The van der Waals surface area contributed by atoms with Crippen LogP contribution in [-0.2, 0) is 0 Å². The smallest absolute Gasteiger partial charge is 0.162 e. The molecular formula is C55H33N3O2. The van der Waals surface area contributed by atoms with Crippen LogP contribution < -0.4 is 0 Å². The molecule has 60 heavy (non-hydrogen) atoms. The fraction of sp³-hybridized carbons (Fsp3) is 0. The Labute approximate surface area is 344 Å². The highest BCUT2D eigenvalue weighted by Gasteiger charge is 2.21. The first-order valence-corrected chi connectivity index (χ1v) is 20.1. The number of para-hydroxylation sites is 3. The second-order valence-electron chi connectivity index (χ2n) is 15.1. The van der Waals surface area contributed by atoms with Crippen LogP contribution in [0.15, 0.2) is 209 Å². The van der Waals surface area contributed by atoms with Crippen molar-refractivity contribution in [3.8, 4) is 67.4 Å². The lowest BCUT2D eigenvalue weighted by Crippen LogP contribution is -1.96. The molecule has 0 aliphatic carbocycles. The van der Waals surface area contributed by atoms with Crippen LogP contribution in [0.2, 0.25) is 0 Å². The molecule has 0 N–H and O–H groups in total. The van der Waals surface area contributed by atoms with Gasteiger partial charge >= 0.3 is 0 Å². The standard InChI is InChI=1S/C55H33N3O2/c1-3-14-35(15-4-1)46-33-47(36-30-28-34(29-31-36)41-23-12-24-43-42-20-7-9-26-48(42)59-53(41)43)58-55(57-46)39-19-11-18-38(32-39)40-22-13-25-45-50(40)51-44-21-8-10-27-49(44)60-54(51)52(56-45)37-16-5-2-6-17-37/h1-33H. The van der Waals surface area contributed by atoms with E-state index < -0.39 is 0 Å². The summed E-state index contributed by atoms with van der Waals surface area (Å²) >= 11 is 0. The van der Waals surface area contributed by atoms with E-state index in [1.165, 1.54) is 0 Å². The summed E-state index contributed by atoms with van der Waals surface area (Å²) in [5.41, 5.74) is 15.0. The molecule has 0 radical (unpaired) electrons. The van der Waals surface area contributed by atoms with E-state index in [-0.39, 0.29) is 0 Å². The summed E-state index contributed by atoms with van der Waals surface area (Å²) in [6.45, 7) is 0. The van der Waals surface area contributed by atoms with Gasteiger partial charge in [-0.3, -0.25) is 0 Å². The van der Waals surface area contributed by atoms with Crippen LogP contribution >= 0.6 is 0 Å². The van der Waals surface area contributed by atoms with Gasteiger partial charge in [-0.2, -0.15) is 0 Å². The lowest BCUT2D eigenvalue weighted by molar-refractivity contribution is 0.668. The first-order chi connectivity index (χ1) is 29.7. The minimum absolute atomic E-state index is 0.646. The summed E-state index contributed by atoms with van der Waals surface area (Å²) in [6, 6.07) is 68.9. The highest BCUT2D eigenvalue weighted by molar-refractivity contribution is 6.24. The number of furan rings is 2. The van der Waals surface area contributed by atoms with Gasteiger partial charge in [0, 0.05) is 54.7 Å². The monoisotopic (exact) mass is 767 g/mol. The van der Waals surface area contributed by atoms with Gasteiger partial charge in [0.25, 0.3) is 0 Å². The zero-order valence-corrected chi connectivity index (χ0v) is 32.2. The van der Waals surface area contributed by atoms with E-state index in [4.69, 9.17) is 23.8 Å². The van der Waals surface area contributed by atoms with Crippen LogP contribution in [0.1, 0.15) is 0 Å². The predicted molar refractivity (Wildman–Crippen MR) is 245 cm³/mol. The molecule has 0 amide bonds. The van der Waals surface area contributed by atoms with Crippen LogP contribution in [0.25, 0.3) is 122 Å². The molecule has 0 aliphatic rings. The lowest BCUT2D eigenvalue weighted by atomic mass is 9.94. The van der Waals surface area contributed by atoms with Crippen molar-refractivity contribution in [2.45, 2.75) is 0 Å². The minimum atomic E-state index is 0.646. The number of nitrogens with zero attached hydrogens (tertiary/aromatic N) is 3. The molecule has 12 rings (SSSR count). The highest BCUT2D eigenvalue weighted by Crippen LogP contribution is 2.43. The van der Waals surface area contributed by atoms with Crippen LogP contribution in [0.4, 0.5) is 0 Å². The molecule has 0 saturated heterocycles. The highest BCUT2D eigenvalue weighted by atomic mass is 16.3. The Hall–Kier alpha value is -8.15. The summed E-state index contributed by atoms with van der Waals surface area (Å²) in [4.78, 5) is 15.7. The molecule has 5 heteroatoms. The van der Waals surface area contributed by atoms with Gasteiger partial charge in [0.1, 0.15) is 22.4 Å². The number of aromatic nitrogens is 3. The Morgan fingerprint density at radius 3 is 1.65 bits per heavy atom. The van der Waals surface area contributed by atoms with Crippen molar-refractivity contribution in [2.24, 2.45) is 0 Å². The van der Waals surface area contributed by atoms with E-state index in [0.29, 0.717) is 5.82 Å². The third-order valence-corrected chi connectivity index (χ3v) is 11.5. The fourth-order valence-corrected chi connectivity index (χ4v) is 8.66. The van der Waals surface area contributed by atoms with Crippen molar-refractivity contribution in [2.75, 3.05) is 0 Å². The average Bonchev–Trinajstić information content (AvgIpc) is 3.91. The van der Waals surface area contributed by atoms with Crippen molar-refractivity contribution in [1.82, 2.24) is 15.0 Å². The van der Waals surface area contributed by atoms with Crippen LogP contribution in [0, 0.1) is 0 Å². The molecule has 0 unspecified atom stereocenters. The maximum atomic E-state index is 6.62. The maximum absolute atomic E-state index is 6.62. The zero-order chi connectivity index (χ0) is 39.6. The Bertz CT molecular complexity index is 3590. The second kappa shape index (κ2) is 13.8. The Balaban J connectivity index is 0.995. The van der Waals surface area contributed by atoms with Gasteiger partial charge in [-0.05, 0) is 47.0 Å². The lowest BCUT2D eigenvalue weighted by Gasteiger charge is -2.13. The number of fused-ring (bicyclic) bond motifs is 8. The topological polar surface area (TPSA) is 65.0 Å². The number of hydrogen-bond acceptors (Lipinski definition) is 5. The number of pyridine rings is 1. The molecule has 0 spiro atoms. The van der Waals surface area contributed by atoms with Gasteiger partial charge in [0.15, 0.2) is 11.4 Å². The summed E-state index contributed by atoms with van der Waals surface area (Å²) in [5, 5.41) is 5.40. The molecule has 0 fully saturated rings. The quantitative estimate of drug-likeness (QED) is 0.169. The summed E-state index contributed by atoms with van der Waals surface area (Å²) in [5.74, 6) is 0.646. The van der Waals surface area contributed by atoms with E-state index in [1.54, 1.807) is 0 Å². The average molecular weight is 768 g/mol. The van der Waals surface area contributed by atoms with E-state index in [2.05, 4.69) is 140 Å². The van der Waals surface area contributed by atoms with Gasteiger partial charge in [-0.1, -0.05) is 170 Å². The Kier molecular flexibility index (Phi) is 7.78. The van der Waals surface area contributed by atoms with Gasteiger partial charge in [-0.25, -0.2) is 15.0 Å². The Morgan fingerprint density at radius 1 is 0.317 bits per heavy atom. The maximum Gasteiger partial charge on any atom is 0.162 e. The van der Waals surface area contributed by atoms with Crippen molar-refractivity contribution in [1.29, 1.82) is 0 Å². The van der Waals surface area contributed by atoms with Gasteiger partial charge in [0.05, 0.1) is 16.9 Å². The predicted octanol–water partition coefficient (Wildman–Crippen LogP) is 14.8. The Morgan fingerprint density at radius 2 is 0.867 bits per heavy atom. The third-order valence-electron chi connectivity index (χ3n) is 11.5. The molecular weight excluding hydrogens is 735 g/mol. The normalized spacial score (nSPS) is 11.7. The van der Waals surface area contributed by atoms with Crippen LogP contribution in [0.5, 0.6) is 0 Å². The molecule has 280 valence electrons. The van der Waals surface area contributed by atoms with Crippen molar-refractivity contribution in [3.63, 3.8) is 0 Å². The largest absolute Gasteiger partial charge is 0.455 e. The summed E-state index contributed by atoms with van der Waals surface area (Å²) < 4.78 is 13.0. The van der Waals surface area contributed by atoms with Crippen molar-refractivity contribution in [3.05, 3.63) is 200 Å². The van der Waals surface area contributed by atoms with E-state index in [1.807, 2.05) is 60.7 Å². The fourth-order valence-electron chi connectivity index (χ4n) is 8.66. The molecule has 0 bridgehead atoms. The van der Waals surface area contributed by atoms with Gasteiger partial charge in [0.2, 0.25) is 0 Å². The van der Waals surface area contributed by atoms with Crippen LogP contribution in [-0.4, -0.2) is 15.0 Å². The SMILES string of the molecule is c1ccc(-c2cc(-c3ccc(-c4cccc5c4oc4ccccc45)cc3)nc(-c3cccc(-c4cccc5nc(-c6ccccc6)c6oc7ccccc7c6c45)c3)n2)cc1. The van der Waals surface area contributed by atoms with E-state index in [9.17, 15) is 0 Å². The zero-order valence-electron chi connectivity index (χ0n) is 32.2. The summed E-state index contributed by atoms with van der Waals surface area (Å²) in [6.07, 6.45) is 0. The van der Waals surface area contributed by atoms with Gasteiger partial charge in [-0.15, -0.1) is 0 Å². The molecule has 8 aromatic carbocycles. The van der Waals surface area contributed by atoms with Crippen LogP contribution in [0.3, 0.4) is 0 Å². The molecule has 12 aromatic rings. The molecule has 0 saturated carbocycles. The minimum Gasteiger partial charge on any atom is -0.455 e.